The van der Waals surface area contributed by atoms with Crippen LogP contribution in [0.5, 0.6) is 0 Å². The number of ether oxygens (including phenoxy) is 2. The Kier molecular flexibility index (Phi) is 2.21. The van der Waals surface area contributed by atoms with E-state index in [2.05, 4.69) is 6.58 Å². The smallest absolute Gasteiger partial charge is 0.211 e. The zero-order valence-electron chi connectivity index (χ0n) is 10.8. The molecule has 0 unspecified atom stereocenters. The molecule has 0 heterocycles. The maximum Gasteiger partial charge on any atom is 0.211 e. The Morgan fingerprint density at radius 3 is 2.72 bits per heavy atom. The van der Waals surface area contributed by atoms with Gasteiger partial charge < -0.3 is 14.6 Å². The van der Waals surface area contributed by atoms with E-state index in [1.807, 2.05) is 0 Å². The van der Waals surface area contributed by atoms with Gasteiger partial charge in [0.1, 0.15) is 0 Å². The molecule has 0 saturated heterocycles. The molecule has 3 rings (SSSR count). The number of carbonyl (C=O) groups is 1. The van der Waals surface area contributed by atoms with E-state index in [9.17, 15) is 9.90 Å². The van der Waals surface area contributed by atoms with Crippen LogP contribution < -0.4 is 0 Å². The normalized spacial score (nSPS) is 42.3. The van der Waals surface area contributed by atoms with Crippen LogP contribution in [0.4, 0.5) is 0 Å². The summed E-state index contributed by atoms with van der Waals surface area (Å²) in [7, 11) is 2.91. The fourth-order valence-corrected chi connectivity index (χ4v) is 4.31. The van der Waals surface area contributed by atoms with Crippen LogP contribution >= 0.6 is 0 Å². The molecule has 3 atom stereocenters. The largest absolute Gasteiger partial charge is 0.494 e. The number of carbonyl (C=O) groups excluding carboxylic acids is 1. The first-order chi connectivity index (χ1) is 8.54. The first-order valence-electron chi connectivity index (χ1n) is 6.32. The molecule has 4 nitrogen and oxygen atoms in total. The van der Waals surface area contributed by atoms with Gasteiger partial charge in [0.15, 0.2) is 11.4 Å². The number of hydrogen-bond donors (Lipinski definition) is 1. The lowest BCUT2D eigenvalue weighted by atomic mass is 9.70. The van der Waals surface area contributed by atoms with Crippen molar-refractivity contribution in [2.75, 3.05) is 14.2 Å². The Morgan fingerprint density at radius 2 is 2.11 bits per heavy atom. The van der Waals surface area contributed by atoms with Crippen molar-refractivity contribution in [3.05, 3.63) is 23.7 Å². The van der Waals surface area contributed by atoms with Gasteiger partial charge in [0.05, 0.1) is 19.6 Å². The summed E-state index contributed by atoms with van der Waals surface area (Å²) in [6, 6.07) is 0. The third kappa shape index (κ3) is 0.924. The second-order valence-corrected chi connectivity index (χ2v) is 5.47. The lowest BCUT2D eigenvalue weighted by molar-refractivity contribution is -0.135. The second-order valence-electron chi connectivity index (χ2n) is 5.47. The minimum Gasteiger partial charge on any atom is -0.494 e. The van der Waals surface area contributed by atoms with Crippen LogP contribution in [-0.4, -0.2) is 30.7 Å². The Bertz CT molecular complexity index is 478. The van der Waals surface area contributed by atoms with Crippen LogP contribution in [0.15, 0.2) is 23.7 Å². The van der Waals surface area contributed by atoms with Crippen LogP contribution in [0.25, 0.3) is 0 Å². The van der Waals surface area contributed by atoms with Crippen LogP contribution in [-0.2, 0) is 14.3 Å². The minimum absolute atomic E-state index is 0.106. The summed E-state index contributed by atoms with van der Waals surface area (Å²) in [5.74, 6) is 0.489. The molecule has 98 valence electrons. The predicted octanol–water partition coefficient (Wildman–Crippen LogP) is 1.55. The number of methoxy groups -OCH3 is 2. The van der Waals surface area contributed by atoms with Crippen LogP contribution in [0.2, 0.25) is 0 Å². The van der Waals surface area contributed by atoms with E-state index in [1.54, 1.807) is 0 Å². The molecule has 2 saturated carbocycles. The van der Waals surface area contributed by atoms with E-state index in [4.69, 9.17) is 9.47 Å². The quantitative estimate of drug-likeness (QED) is 0.755. The Morgan fingerprint density at radius 1 is 1.39 bits per heavy atom. The number of hydrogen-bond acceptors (Lipinski definition) is 4. The van der Waals surface area contributed by atoms with Crippen molar-refractivity contribution in [1.82, 2.24) is 0 Å². The van der Waals surface area contributed by atoms with Gasteiger partial charge in [-0.3, -0.25) is 4.79 Å². The van der Waals surface area contributed by atoms with Crippen molar-refractivity contribution < 1.29 is 19.4 Å². The Hall–Kier alpha value is -1.29. The van der Waals surface area contributed by atoms with E-state index in [0.717, 1.165) is 12.8 Å². The first-order valence-corrected chi connectivity index (χ1v) is 6.32. The maximum absolute atomic E-state index is 12.7. The fraction of sp³-hybridized carbons (Fsp3) is 0.643. The van der Waals surface area contributed by atoms with Crippen molar-refractivity contribution in [1.29, 1.82) is 0 Å². The number of allylic oxidation sites excluding steroid dienone is 1. The monoisotopic (exact) mass is 250 g/mol. The summed E-state index contributed by atoms with van der Waals surface area (Å²) in [4.78, 5) is 12.7. The van der Waals surface area contributed by atoms with Crippen LogP contribution in [0, 0.1) is 11.3 Å². The summed E-state index contributed by atoms with van der Waals surface area (Å²) in [5, 5.41) is 11.1. The van der Waals surface area contributed by atoms with Crippen LogP contribution in [0.3, 0.4) is 0 Å². The summed E-state index contributed by atoms with van der Waals surface area (Å²) in [6.45, 7) is 3.98. The minimum atomic E-state index is -1.36. The highest BCUT2D eigenvalue weighted by molar-refractivity contribution is 6.05. The summed E-state index contributed by atoms with van der Waals surface area (Å²) in [5.41, 5.74) is -1.45. The molecule has 0 aliphatic heterocycles. The van der Waals surface area contributed by atoms with Crippen molar-refractivity contribution in [2.45, 2.75) is 31.3 Å². The molecule has 18 heavy (non-hydrogen) atoms. The molecule has 0 aromatic heterocycles. The molecule has 0 radical (unpaired) electrons. The highest BCUT2D eigenvalue weighted by atomic mass is 16.5. The molecule has 3 aliphatic rings. The standard InChI is InChI=1S/C14H18O4/c1-8-7-9-5-4-6-13(9)11(15)10(17-2)12(18-3)14(8,13)16/h9,16H,1,4-7H2,2-3H3/t9-,13-,14-/m1/s1. The van der Waals surface area contributed by atoms with E-state index in [1.165, 1.54) is 14.2 Å². The topological polar surface area (TPSA) is 55.8 Å². The third-order valence-corrected chi connectivity index (χ3v) is 5.03. The number of Topliss-reactive ketones (excluding diaryl/α,β-unsaturated/α-hetero) is 1. The number of rotatable bonds is 2. The van der Waals surface area contributed by atoms with Gasteiger partial charge >= 0.3 is 0 Å². The Labute approximate surface area is 106 Å². The Balaban J connectivity index is 2.26. The molecular formula is C14H18O4. The van der Waals surface area contributed by atoms with Gasteiger partial charge in [0, 0.05) is 0 Å². The summed E-state index contributed by atoms with van der Waals surface area (Å²) in [6.07, 6.45) is 3.30. The van der Waals surface area contributed by atoms with Gasteiger partial charge in [0.25, 0.3) is 0 Å². The van der Waals surface area contributed by atoms with Crippen LogP contribution in [0.1, 0.15) is 25.7 Å². The van der Waals surface area contributed by atoms with E-state index < -0.39 is 11.0 Å². The van der Waals surface area contributed by atoms with Gasteiger partial charge in [-0.15, -0.1) is 0 Å². The molecule has 0 aromatic carbocycles. The first kappa shape index (κ1) is 11.8. The molecule has 0 bridgehead atoms. The molecule has 0 aromatic rings. The van der Waals surface area contributed by atoms with Gasteiger partial charge in [0.2, 0.25) is 11.5 Å². The molecule has 3 aliphatic carbocycles. The van der Waals surface area contributed by atoms with Gasteiger partial charge in [-0.2, -0.15) is 0 Å². The zero-order valence-corrected chi connectivity index (χ0v) is 10.8. The molecule has 4 heteroatoms. The SMILES string of the molecule is C=C1C[C@H]2CCC[C@]23C(=O)C(OC)=C(OC)[C@]13O. The van der Waals surface area contributed by atoms with Crippen molar-refractivity contribution in [2.24, 2.45) is 11.3 Å². The molecule has 1 spiro atoms. The third-order valence-electron chi connectivity index (χ3n) is 5.03. The highest BCUT2D eigenvalue weighted by Gasteiger charge is 2.74. The van der Waals surface area contributed by atoms with Crippen molar-refractivity contribution in [3.63, 3.8) is 0 Å². The van der Waals surface area contributed by atoms with Gasteiger partial charge in [-0.1, -0.05) is 13.0 Å². The van der Waals surface area contributed by atoms with Crippen molar-refractivity contribution in [3.8, 4) is 0 Å². The molecule has 2 fully saturated rings. The number of aliphatic hydroxyl groups is 1. The molecule has 1 N–H and O–H groups in total. The fourth-order valence-electron chi connectivity index (χ4n) is 4.31. The molecular weight excluding hydrogens is 232 g/mol. The lowest BCUT2D eigenvalue weighted by Gasteiger charge is -2.35. The number of ketones is 1. The second kappa shape index (κ2) is 3.38. The van der Waals surface area contributed by atoms with Gasteiger partial charge in [-0.25, -0.2) is 0 Å². The van der Waals surface area contributed by atoms with E-state index in [0.29, 0.717) is 18.4 Å². The van der Waals surface area contributed by atoms with E-state index >= 15 is 0 Å². The maximum atomic E-state index is 12.7. The lowest BCUT2D eigenvalue weighted by Crippen LogP contribution is -2.47. The summed E-state index contributed by atoms with van der Waals surface area (Å²) >= 11 is 0. The highest BCUT2D eigenvalue weighted by Crippen LogP contribution is 2.68. The summed E-state index contributed by atoms with van der Waals surface area (Å²) < 4.78 is 10.5. The average molecular weight is 250 g/mol. The zero-order chi connectivity index (χ0) is 13.1. The predicted molar refractivity (Wildman–Crippen MR) is 64.5 cm³/mol. The molecule has 0 amide bonds. The van der Waals surface area contributed by atoms with Crippen molar-refractivity contribution >= 4 is 5.78 Å². The average Bonchev–Trinajstić information content (AvgIpc) is 2.91. The van der Waals surface area contributed by atoms with E-state index in [-0.39, 0.29) is 23.2 Å². The van der Waals surface area contributed by atoms with Gasteiger partial charge in [-0.05, 0) is 30.8 Å².